The highest BCUT2D eigenvalue weighted by Crippen LogP contribution is 2.27. The topological polar surface area (TPSA) is 33.1 Å². The first-order chi connectivity index (χ1) is 8.83. The van der Waals surface area contributed by atoms with E-state index in [1.54, 1.807) is 0 Å². The Labute approximate surface area is 107 Å². The summed E-state index contributed by atoms with van der Waals surface area (Å²) in [5, 5.41) is 10.2. The van der Waals surface area contributed by atoms with Gasteiger partial charge in [-0.1, -0.05) is 30.3 Å². The smallest absolute Gasteiger partial charge is 0.0615 e. The van der Waals surface area contributed by atoms with Gasteiger partial charge in [0.2, 0.25) is 0 Å². The summed E-state index contributed by atoms with van der Waals surface area (Å²) in [4.78, 5) is 4.35. The molecule has 2 nitrogen and oxygen atoms in total. The van der Waals surface area contributed by atoms with E-state index < -0.39 is 0 Å². The quantitative estimate of drug-likeness (QED) is 0.873. The van der Waals surface area contributed by atoms with Crippen LogP contribution in [0.5, 0.6) is 0 Å². The van der Waals surface area contributed by atoms with Crippen LogP contribution in [-0.2, 0) is 19.3 Å². The van der Waals surface area contributed by atoms with Gasteiger partial charge in [0.1, 0.15) is 0 Å². The van der Waals surface area contributed by atoms with Gasteiger partial charge in [0.05, 0.1) is 6.10 Å². The number of nitrogens with zero attached hydrogens (tertiary/aromatic N) is 1. The van der Waals surface area contributed by atoms with Crippen molar-refractivity contribution in [3.05, 3.63) is 65.5 Å². The van der Waals surface area contributed by atoms with Crippen LogP contribution in [0.1, 0.15) is 16.8 Å². The monoisotopic (exact) mass is 239 g/mol. The zero-order valence-electron chi connectivity index (χ0n) is 10.3. The second-order valence-electron chi connectivity index (χ2n) is 5.03. The molecule has 92 valence electrons. The van der Waals surface area contributed by atoms with E-state index in [1.807, 2.05) is 30.5 Å². The molecule has 1 heterocycles. The van der Waals surface area contributed by atoms with E-state index >= 15 is 0 Å². The summed E-state index contributed by atoms with van der Waals surface area (Å²) in [6.07, 6.45) is 4.15. The fraction of sp³-hybridized carbons (Fsp3) is 0.312. The number of rotatable bonds is 2. The largest absolute Gasteiger partial charge is 0.392 e. The Kier molecular flexibility index (Phi) is 3.11. The number of fused-ring (bicyclic) bond motifs is 1. The second-order valence-corrected chi connectivity index (χ2v) is 5.03. The molecule has 0 bridgehead atoms. The van der Waals surface area contributed by atoms with E-state index in [1.165, 1.54) is 11.1 Å². The lowest BCUT2D eigenvalue weighted by molar-refractivity contribution is 0.0989. The summed E-state index contributed by atoms with van der Waals surface area (Å²) < 4.78 is 0. The van der Waals surface area contributed by atoms with Gasteiger partial charge in [-0.3, -0.25) is 4.98 Å². The van der Waals surface area contributed by atoms with E-state index in [0.29, 0.717) is 0 Å². The maximum absolute atomic E-state index is 10.2. The van der Waals surface area contributed by atoms with E-state index in [2.05, 4.69) is 23.2 Å². The zero-order valence-corrected chi connectivity index (χ0v) is 10.3. The molecule has 1 aromatic heterocycles. The number of aliphatic hydroxyl groups is 1. The van der Waals surface area contributed by atoms with E-state index in [-0.39, 0.29) is 12.0 Å². The predicted molar refractivity (Wildman–Crippen MR) is 71.3 cm³/mol. The van der Waals surface area contributed by atoms with Crippen LogP contribution in [0.2, 0.25) is 0 Å². The standard InChI is InChI=1S/C16H17NO/c18-16-11-13-6-2-1-5-12(13)9-14(16)10-15-7-3-4-8-17-15/h1-8,14,16,18H,9-11H2. The third kappa shape index (κ3) is 2.29. The molecule has 0 radical (unpaired) electrons. The average molecular weight is 239 g/mol. The van der Waals surface area contributed by atoms with Gasteiger partial charge in [0.25, 0.3) is 0 Å². The summed E-state index contributed by atoms with van der Waals surface area (Å²) in [7, 11) is 0. The van der Waals surface area contributed by atoms with Crippen LogP contribution in [0.25, 0.3) is 0 Å². The Balaban J connectivity index is 1.79. The van der Waals surface area contributed by atoms with Gasteiger partial charge in [-0.15, -0.1) is 0 Å². The molecule has 0 amide bonds. The van der Waals surface area contributed by atoms with Crippen molar-refractivity contribution >= 4 is 0 Å². The molecule has 0 saturated heterocycles. The lowest BCUT2D eigenvalue weighted by atomic mass is 9.79. The van der Waals surface area contributed by atoms with Gasteiger partial charge in [0.15, 0.2) is 0 Å². The normalized spacial score (nSPS) is 22.5. The van der Waals surface area contributed by atoms with Gasteiger partial charge >= 0.3 is 0 Å². The van der Waals surface area contributed by atoms with Crippen LogP contribution in [0, 0.1) is 5.92 Å². The molecule has 3 rings (SSSR count). The zero-order chi connectivity index (χ0) is 12.4. The molecule has 1 N–H and O–H groups in total. The number of hydrogen-bond acceptors (Lipinski definition) is 2. The lowest BCUT2D eigenvalue weighted by Crippen LogP contribution is -2.31. The van der Waals surface area contributed by atoms with Crippen molar-refractivity contribution in [2.24, 2.45) is 5.92 Å². The molecule has 2 aromatic rings. The van der Waals surface area contributed by atoms with Crippen LogP contribution in [-0.4, -0.2) is 16.2 Å². The van der Waals surface area contributed by atoms with Gasteiger partial charge in [-0.25, -0.2) is 0 Å². The van der Waals surface area contributed by atoms with Crippen molar-refractivity contribution in [1.29, 1.82) is 0 Å². The molecule has 0 spiro atoms. The average Bonchev–Trinajstić information content (AvgIpc) is 2.41. The van der Waals surface area contributed by atoms with Crippen LogP contribution in [0.3, 0.4) is 0 Å². The van der Waals surface area contributed by atoms with Gasteiger partial charge in [-0.2, -0.15) is 0 Å². The number of pyridine rings is 1. The Hall–Kier alpha value is -1.67. The minimum atomic E-state index is -0.248. The van der Waals surface area contributed by atoms with Crippen molar-refractivity contribution in [2.75, 3.05) is 0 Å². The molecule has 1 aliphatic rings. The number of benzene rings is 1. The van der Waals surface area contributed by atoms with Crippen LogP contribution in [0.15, 0.2) is 48.7 Å². The molecular weight excluding hydrogens is 222 g/mol. The minimum absolute atomic E-state index is 0.248. The first-order valence-electron chi connectivity index (χ1n) is 6.47. The van der Waals surface area contributed by atoms with Crippen molar-refractivity contribution < 1.29 is 5.11 Å². The Morgan fingerprint density at radius 1 is 1.00 bits per heavy atom. The molecule has 0 saturated carbocycles. The Morgan fingerprint density at radius 3 is 2.44 bits per heavy atom. The van der Waals surface area contributed by atoms with Crippen molar-refractivity contribution in [1.82, 2.24) is 4.98 Å². The van der Waals surface area contributed by atoms with E-state index in [9.17, 15) is 5.11 Å². The minimum Gasteiger partial charge on any atom is -0.392 e. The Morgan fingerprint density at radius 2 is 1.72 bits per heavy atom. The third-order valence-corrected chi connectivity index (χ3v) is 3.77. The van der Waals surface area contributed by atoms with Gasteiger partial charge < -0.3 is 5.11 Å². The molecule has 0 aliphatic heterocycles. The molecule has 2 atom stereocenters. The molecule has 18 heavy (non-hydrogen) atoms. The summed E-state index contributed by atoms with van der Waals surface area (Å²) >= 11 is 0. The number of aromatic nitrogens is 1. The predicted octanol–water partition coefficient (Wildman–Crippen LogP) is 2.40. The van der Waals surface area contributed by atoms with Crippen LogP contribution in [0.4, 0.5) is 0 Å². The molecule has 1 aromatic carbocycles. The first kappa shape index (κ1) is 11.4. The maximum atomic E-state index is 10.2. The maximum Gasteiger partial charge on any atom is 0.0615 e. The van der Waals surface area contributed by atoms with Crippen LogP contribution < -0.4 is 0 Å². The summed E-state index contributed by atoms with van der Waals surface area (Å²) in [6, 6.07) is 14.4. The molecule has 0 fully saturated rings. The lowest BCUT2D eigenvalue weighted by Gasteiger charge is -2.29. The highest BCUT2D eigenvalue weighted by atomic mass is 16.3. The highest BCUT2D eigenvalue weighted by molar-refractivity contribution is 5.31. The first-order valence-corrected chi connectivity index (χ1v) is 6.47. The molecule has 2 unspecified atom stereocenters. The summed E-state index contributed by atoms with van der Waals surface area (Å²) in [5.74, 6) is 0.287. The number of aliphatic hydroxyl groups excluding tert-OH is 1. The SMILES string of the molecule is OC1Cc2ccccc2CC1Cc1ccccn1. The second kappa shape index (κ2) is 4.91. The highest BCUT2D eigenvalue weighted by Gasteiger charge is 2.26. The van der Waals surface area contributed by atoms with Gasteiger partial charge in [0, 0.05) is 11.9 Å². The molecule has 2 heteroatoms. The summed E-state index contributed by atoms with van der Waals surface area (Å²) in [6.45, 7) is 0. The van der Waals surface area contributed by atoms with Crippen LogP contribution >= 0.6 is 0 Å². The van der Waals surface area contributed by atoms with E-state index in [4.69, 9.17) is 0 Å². The molecule has 1 aliphatic carbocycles. The fourth-order valence-electron chi connectivity index (χ4n) is 2.76. The van der Waals surface area contributed by atoms with Crippen molar-refractivity contribution in [2.45, 2.75) is 25.4 Å². The Bertz CT molecular complexity index is 524. The van der Waals surface area contributed by atoms with Gasteiger partial charge in [-0.05, 0) is 48.4 Å². The third-order valence-electron chi connectivity index (χ3n) is 3.77. The fourth-order valence-corrected chi connectivity index (χ4v) is 2.76. The summed E-state index contributed by atoms with van der Waals surface area (Å²) in [5.41, 5.74) is 3.74. The van der Waals surface area contributed by atoms with Crippen molar-refractivity contribution in [3.63, 3.8) is 0 Å². The molecular formula is C16H17NO. The number of hydrogen-bond donors (Lipinski definition) is 1. The van der Waals surface area contributed by atoms with E-state index in [0.717, 1.165) is 25.0 Å². The van der Waals surface area contributed by atoms with Crippen molar-refractivity contribution in [3.8, 4) is 0 Å².